The van der Waals surface area contributed by atoms with Crippen molar-refractivity contribution in [3.05, 3.63) is 29.8 Å². The molecule has 126 valence electrons. The molecule has 1 amide bonds. The van der Waals surface area contributed by atoms with Gasteiger partial charge in [0.2, 0.25) is 5.91 Å². The molecule has 1 atom stereocenters. The number of carbonyl (C=O) groups is 1. The average Bonchev–Trinajstić information content (AvgIpc) is 2.54. The van der Waals surface area contributed by atoms with Crippen LogP contribution in [0, 0.1) is 0 Å². The van der Waals surface area contributed by atoms with Gasteiger partial charge in [-0.25, -0.2) is 0 Å². The SMILES string of the molecule is CN=C(NCC1CC(=O)Nc2ccccc21)NCC(C)(C)SC. The molecule has 0 saturated carbocycles. The molecule has 1 unspecified atom stereocenters. The Morgan fingerprint density at radius 1 is 1.39 bits per heavy atom. The summed E-state index contributed by atoms with van der Waals surface area (Å²) in [4.78, 5) is 16.1. The van der Waals surface area contributed by atoms with Crippen molar-refractivity contribution in [2.24, 2.45) is 4.99 Å². The van der Waals surface area contributed by atoms with Crippen LogP contribution in [0.2, 0.25) is 0 Å². The zero-order valence-corrected chi connectivity index (χ0v) is 15.1. The minimum absolute atomic E-state index is 0.0713. The number of thioether (sulfide) groups is 1. The summed E-state index contributed by atoms with van der Waals surface area (Å²) in [5, 5.41) is 9.63. The van der Waals surface area contributed by atoms with Crippen LogP contribution in [0.25, 0.3) is 0 Å². The molecule has 2 rings (SSSR count). The first-order chi connectivity index (χ1) is 10.9. The molecule has 5 nitrogen and oxygen atoms in total. The fourth-order valence-corrected chi connectivity index (χ4v) is 2.71. The predicted molar refractivity (Wildman–Crippen MR) is 99.4 cm³/mol. The molecule has 0 saturated heterocycles. The number of hydrogen-bond acceptors (Lipinski definition) is 3. The lowest BCUT2D eigenvalue weighted by atomic mass is 9.90. The topological polar surface area (TPSA) is 65.5 Å². The highest BCUT2D eigenvalue weighted by molar-refractivity contribution is 7.99. The Bertz CT molecular complexity index is 586. The van der Waals surface area contributed by atoms with Crippen LogP contribution in [0.15, 0.2) is 29.3 Å². The molecular weight excluding hydrogens is 308 g/mol. The number of fused-ring (bicyclic) bond motifs is 1. The Kier molecular flexibility index (Phi) is 5.93. The third kappa shape index (κ3) is 4.89. The number of nitrogens with one attached hydrogen (secondary N) is 3. The van der Waals surface area contributed by atoms with Gasteiger partial charge in [0.05, 0.1) is 0 Å². The van der Waals surface area contributed by atoms with Crippen molar-refractivity contribution in [1.82, 2.24) is 10.6 Å². The van der Waals surface area contributed by atoms with E-state index in [9.17, 15) is 4.79 Å². The number of anilines is 1. The zero-order chi connectivity index (χ0) is 16.9. The summed E-state index contributed by atoms with van der Waals surface area (Å²) in [6.07, 6.45) is 2.60. The van der Waals surface area contributed by atoms with Gasteiger partial charge in [-0.1, -0.05) is 18.2 Å². The third-order valence-electron chi connectivity index (χ3n) is 4.08. The van der Waals surface area contributed by atoms with Crippen LogP contribution in [-0.4, -0.2) is 43.0 Å². The predicted octanol–water partition coefficient (Wildman–Crippen LogP) is 2.42. The van der Waals surface area contributed by atoms with E-state index in [0.29, 0.717) is 13.0 Å². The van der Waals surface area contributed by atoms with Gasteiger partial charge in [0.1, 0.15) is 0 Å². The number of aliphatic imine (C=N–C) groups is 1. The molecule has 1 aliphatic heterocycles. The lowest BCUT2D eigenvalue weighted by molar-refractivity contribution is -0.116. The van der Waals surface area contributed by atoms with E-state index in [1.54, 1.807) is 7.05 Å². The van der Waals surface area contributed by atoms with E-state index in [1.165, 1.54) is 5.56 Å². The Hall–Kier alpha value is -1.69. The van der Waals surface area contributed by atoms with Crippen molar-refractivity contribution < 1.29 is 4.79 Å². The molecule has 1 aromatic rings. The molecule has 0 aromatic heterocycles. The monoisotopic (exact) mass is 334 g/mol. The maximum atomic E-state index is 11.9. The minimum atomic E-state index is 0.0713. The zero-order valence-electron chi connectivity index (χ0n) is 14.3. The van der Waals surface area contributed by atoms with Gasteiger partial charge in [-0.2, -0.15) is 11.8 Å². The van der Waals surface area contributed by atoms with Crippen molar-refractivity contribution in [3.8, 4) is 0 Å². The molecule has 0 spiro atoms. The summed E-state index contributed by atoms with van der Waals surface area (Å²) in [5.41, 5.74) is 2.10. The van der Waals surface area contributed by atoms with E-state index in [2.05, 4.69) is 47.1 Å². The van der Waals surface area contributed by atoms with Crippen LogP contribution >= 0.6 is 11.8 Å². The molecule has 0 radical (unpaired) electrons. The van der Waals surface area contributed by atoms with Crippen LogP contribution < -0.4 is 16.0 Å². The van der Waals surface area contributed by atoms with Crippen molar-refractivity contribution in [2.75, 3.05) is 31.7 Å². The average molecular weight is 334 g/mol. The maximum absolute atomic E-state index is 11.9. The van der Waals surface area contributed by atoms with E-state index in [0.717, 1.165) is 18.2 Å². The van der Waals surface area contributed by atoms with Gasteiger partial charge in [0, 0.05) is 42.9 Å². The standard InChI is InChI=1S/C17H26N4OS/c1-17(2,23-4)11-20-16(18-3)19-10-12-9-15(22)21-14-8-6-5-7-13(12)14/h5-8,12H,9-11H2,1-4H3,(H,21,22)(H2,18,19,20). The number of hydrogen-bond donors (Lipinski definition) is 3. The molecule has 23 heavy (non-hydrogen) atoms. The number of guanidine groups is 1. The molecular formula is C17H26N4OS. The summed E-state index contributed by atoms with van der Waals surface area (Å²) < 4.78 is 0.148. The largest absolute Gasteiger partial charge is 0.356 e. The first kappa shape index (κ1) is 17.7. The van der Waals surface area contributed by atoms with E-state index in [-0.39, 0.29) is 16.6 Å². The van der Waals surface area contributed by atoms with Gasteiger partial charge < -0.3 is 16.0 Å². The fraction of sp³-hybridized carbons (Fsp3) is 0.529. The van der Waals surface area contributed by atoms with Crippen molar-refractivity contribution in [2.45, 2.75) is 30.9 Å². The van der Waals surface area contributed by atoms with Crippen LogP contribution in [0.3, 0.4) is 0 Å². The molecule has 1 aromatic carbocycles. The second kappa shape index (κ2) is 7.73. The third-order valence-corrected chi connectivity index (χ3v) is 5.33. The fourth-order valence-electron chi connectivity index (χ4n) is 2.49. The molecule has 1 heterocycles. The molecule has 0 bridgehead atoms. The van der Waals surface area contributed by atoms with E-state index in [1.807, 2.05) is 30.0 Å². The Morgan fingerprint density at radius 2 is 2.13 bits per heavy atom. The normalized spacial score (nSPS) is 18.2. The second-order valence-electron chi connectivity index (χ2n) is 6.31. The molecule has 3 N–H and O–H groups in total. The molecule has 0 fully saturated rings. The van der Waals surface area contributed by atoms with Gasteiger partial charge in [-0.3, -0.25) is 9.79 Å². The number of carbonyl (C=O) groups excluding carboxylic acids is 1. The van der Waals surface area contributed by atoms with E-state index >= 15 is 0 Å². The number of amides is 1. The quantitative estimate of drug-likeness (QED) is 0.571. The highest BCUT2D eigenvalue weighted by Crippen LogP contribution is 2.31. The second-order valence-corrected chi connectivity index (χ2v) is 7.82. The number of nitrogens with zero attached hydrogens (tertiary/aromatic N) is 1. The van der Waals surface area contributed by atoms with Crippen molar-refractivity contribution in [3.63, 3.8) is 0 Å². The van der Waals surface area contributed by atoms with Crippen LogP contribution in [-0.2, 0) is 4.79 Å². The summed E-state index contributed by atoms with van der Waals surface area (Å²) in [7, 11) is 1.77. The van der Waals surface area contributed by atoms with Crippen LogP contribution in [0.1, 0.15) is 31.7 Å². The lowest BCUT2D eigenvalue weighted by Crippen LogP contribution is -2.45. The Morgan fingerprint density at radius 3 is 2.83 bits per heavy atom. The molecule has 0 aliphatic carbocycles. The smallest absolute Gasteiger partial charge is 0.225 e. The molecule has 1 aliphatic rings. The Balaban J connectivity index is 1.96. The van der Waals surface area contributed by atoms with Gasteiger partial charge in [0.25, 0.3) is 0 Å². The maximum Gasteiger partial charge on any atom is 0.225 e. The van der Waals surface area contributed by atoms with Gasteiger partial charge in [-0.05, 0) is 31.7 Å². The van der Waals surface area contributed by atoms with E-state index in [4.69, 9.17) is 0 Å². The summed E-state index contributed by atoms with van der Waals surface area (Å²) >= 11 is 1.82. The van der Waals surface area contributed by atoms with Gasteiger partial charge in [-0.15, -0.1) is 0 Å². The summed E-state index contributed by atoms with van der Waals surface area (Å²) in [6, 6.07) is 7.98. The van der Waals surface area contributed by atoms with Crippen molar-refractivity contribution in [1.29, 1.82) is 0 Å². The first-order valence-electron chi connectivity index (χ1n) is 7.83. The van der Waals surface area contributed by atoms with Crippen molar-refractivity contribution >= 4 is 29.3 Å². The highest BCUT2D eigenvalue weighted by atomic mass is 32.2. The van der Waals surface area contributed by atoms with Gasteiger partial charge in [0.15, 0.2) is 5.96 Å². The Labute approximate surface area is 142 Å². The summed E-state index contributed by atoms with van der Waals surface area (Å²) in [6.45, 7) is 5.90. The van der Waals surface area contributed by atoms with Crippen LogP contribution in [0.4, 0.5) is 5.69 Å². The first-order valence-corrected chi connectivity index (χ1v) is 9.06. The van der Waals surface area contributed by atoms with Gasteiger partial charge >= 0.3 is 0 Å². The van der Waals surface area contributed by atoms with E-state index < -0.39 is 0 Å². The number of rotatable bonds is 5. The highest BCUT2D eigenvalue weighted by Gasteiger charge is 2.25. The lowest BCUT2D eigenvalue weighted by Gasteiger charge is -2.27. The van der Waals surface area contributed by atoms with Crippen LogP contribution in [0.5, 0.6) is 0 Å². The number of para-hydroxylation sites is 1. The minimum Gasteiger partial charge on any atom is -0.356 e. The molecule has 6 heteroatoms. The number of benzene rings is 1. The summed E-state index contributed by atoms with van der Waals surface area (Å²) in [5.74, 6) is 1.00.